The molecule has 0 radical (unpaired) electrons. The number of amides is 1. The van der Waals surface area contributed by atoms with Crippen LogP contribution in [0.15, 0.2) is 42.5 Å². The highest BCUT2D eigenvalue weighted by Crippen LogP contribution is 2.20. The third kappa shape index (κ3) is 4.52. The van der Waals surface area contributed by atoms with E-state index in [9.17, 15) is 18.7 Å². The molecule has 0 aromatic heterocycles. The molecule has 0 aliphatic heterocycles. The van der Waals surface area contributed by atoms with Crippen LogP contribution in [-0.2, 0) is 0 Å². The van der Waals surface area contributed by atoms with Gasteiger partial charge in [0.1, 0.15) is 5.75 Å². The van der Waals surface area contributed by atoms with Crippen LogP contribution < -0.4 is 10.1 Å². The van der Waals surface area contributed by atoms with Crippen molar-refractivity contribution in [3.05, 3.63) is 65.2 Å². The normalized spacial score (nSPS) is 12.1. The number of aliphatic hydroxyl groups excluding tert-OH is 1. The monoisotopic (exact) mass is 335 g/mol. The number of halogens is 2. The second-order valence-electron chi connectivity index (χ2n) is 5.57. The quantitative estimate of drug-likeness (QED) is 0.852. The van der Waals surface area contributed by atoms with E-state index >= 15 is 0 Å². The summed E-state index contributed by atoms with van der Waals surface area (Å²) >= 11 is 0. The molecule has 0 saturated heterocycles. The fourth-order valence-electron chi connectivity index (χ4n) is 2.15. The lowest BCUT2D eigenvalue weighted by Gasteiger charge is -2.15. The molecule has 0 heterocycles. The lowest BCUT2D eigenvalue weighted by molar-refractivity contribution is 0.0911. The minimum absolute atomic E-state index is 0.00644. The molecule has 0 fully saturated rings. The molecule has 0 aliphatic carbocycles. The van der Waals surface area contributed by atoms with Crippen molar-refractivity contribution in [2.75, 3.05) is 6.54 Å². The Labute approximate surface area is 139 Å². The number of nitrogens with one attached hydrogen (secondary N) is 1. The van der Waals surface area contributed by atoms with E-state index in [1.165, 1.54) is 12.1 Å². The van der Waals surface area contributed by atoms with Crippen LogP contribution >= 0.6 is 0 Å². The van der Waals surface area contributed by atoms with E-state index in [2.05, 4.69) is 5.32 Å². The fraction of sp³-hybridized carbons (Fsp3) is 0.278. The molecule has 2 aromatic carbocycles. The van der Waals surface area contributed by atoms with Gasteiger partial charge in [0, 0.05) is 6.54 Å². The summed E-state index contributed by atoms with van der Waals surface area (Å²) in [7, 11) is 0. The Kier molecular flexibility index (Phi) is 5.87. The minimum Gasteiger partial charge on any atom is -0.491 e. The smallest absolute Gasteiger partial charge is 0.254 e. The molecule has 0 bridgehead atoms. The van der Waals surface area contributed by atoms with Crippen LogP contribution in [0.25, 0.3) is 0 Å². The largest absolute Gasteiger partial charge is 0.491 e. The number of benzene rings is 2. The number of aliphatic hydroxyl groups is 1. The number of rotatable bonds is 6. The standard InChI is InChI=1S/C18H19F2NO3/c1-11(2)24-13-6-3-5-12(9-13)16(22)10-21-18(23)14-7-4-8-15(19)17(14)20/h3-9,11,16,22H,10H2,1-2H3,(H,21,23). The van der Waals surface area contributed by atoms with Gasteiger partial charge in [0.2, 0.25) is 0 Å². The van der Waals surface area contributed by atoms with Gasteiger partial charge in [-0.2, -0.15) is 0 Å². The number of ether oxygens (including phenoxy) is 1. The van der Waals surface area contributed by atoms with Gasteiger partial charge in [0.25, 0.3) is 5.91 Å². The molecule has 0 aliphatic rings. The molecule has 1 atom stereocenters. The molecular weight excluding hydrogens is 316 g/mol. The van der Waals surface area contributed by atoms with Crippen molar-refractivity contribution in [1.29, 1.82) is 0 Å². The summed E-state index contributed by atoms with van der Waals surface area (Å²) < 4.78 is 32.2. The van der Waals surface area contributed by atoms with Crippen LogP contribution in [0.2, 0.25) is 0 Å². The summed E-state index contributed by atoms with van der Waals surface area (Å²) in [5.74, 6) is -2.50. The van der Waals surface area contributed by atoms with Crippen molar-refractivity contribution in [3.8, 4) is 5.75 Å². The highest BCUT2D eigenvalue weighted by molar-refractivity contribution is 5.94. The van der Waals surface area contributed by atoms with E-state index in [0.29, 0.717) is 11.3 Å². The Balaban J connectivity index is 2.01. The zero-order valence-corrected chi connectivity index (χ0v) is 13.4. The second-order valence-corrected chi connectivity index (χ2v) is 5.57. The van der Waals surface area contributed by atoms with E-state index in [-0.39, 0.29) is 12.6 Å². The summed E-state index contributed by atoms with van der Waals surface area (Å²) in [4.78, 5) is 11.9. The first-order chi connectivity index (χ1) is 11.4. The van der Waals surface area contributed by atoms with Crippen molar-refractivity contribution >= 4 is 5.91 Å². The molecule has 2 N–H and O–H groups in total. The van der Waals surface area contributed by atoms with E-state index in [1.54, 1.807) is 24.3 Å². The van der Waals surface area contributed by atoms with Crippen molar-refractivity contribution in [1.82, 2.24) is 5.32 Å². The Hall–Kier alpha value is -2.47. The molecule has 1 amide bonds. The second kappa shape index (κ2) is 7.88. The van der Waals surface area contributed by atoms with Crippen LogP contribution in [0.1, 0.15) is 35.9 Å². The van der Waals surface area contributed by atoms with E-state index < -0.39 is 29.2 Å². The predicted octanol–water partition coefficient (Wildman–Crippen LogP) is 3.22. The van der Waals surface area contributed by atoms with Crippen molar-refractivity contribution in [2.45, 2.75) is 26.1 Å². The molecule has 0 saturated carbocycles. The molecule has 2 rings (SSSR count). The van der Waals surface area contributed by atoms with Crippen LogP contribution in [0.4, 0.5) is 8.78 Å². The first-order valence-corrected chi connectivity index (χ1v) is 7.55. The summed E-state index contributed by atoms with van der Waals surface area (Å²) in [5.41, 5.74) is 0.146. The zero-order valence-electron chi connectivity index (χ0n) is 13.4. The van der Waals surface area contributed by atoms with Crippen molar-refractivity contribution in [3.63, 3.8) is 0 Å². The summed E-state index contributed by atoms with van der Waals surface area (Å²) in [6, 6.07) is 10.2. The Morgan fingerprint density at radius 1 is 1.21 bits per heavy atom. The van der Waals surface area contributed by atoms with Crippen molar-refractivity contribution in [2.24, 2.45) is 0 Å². The van der Waals surface area contributed by atoms with Crippen LogP contribution in [0.5, 0.6) is 5.75 Å². The number of hydrogen-bond acceptors (Lipinski definition) is 3. The van der Waals surface area contributed by atoms with Gasteiger partial charge in [0.05, 0.1) is 17.8 Å². The molecule has 6 heteroatoms. The van der Waals surface area contributed by atoms with Crippen LogP contribution in [0.3, 0.4) is 0 Å². The molecule has 128 valence electrons. The first-order valence-electron chi connectivity index (χ1n) is 7.55. The lowest BCUT2D eigenvalue weighted by atomic mass is 10.1. The van der Waals surface area contributed by atoms with Gasteiger partial charge in [-0.3, -0.25) is 4.79 Å². The van der Waals surface area contributed by atoms with Gasteiger partial charge in [-0.1, -0.05) is 18.2 Å². The first kappa shape index (κ1) is 17.9. The molecule has 0 spiro atoms. The van der Waals surface area contributed by atoms with E-state index in [1.807, 2.05) is 13.8 Å². The number of carbonyl (C=O) groups excluding carboxylic acids is 1. The van der Waals surface area contributed by atoms with Gasteiger partial charge >= 0.3 is 0 Å². The fourth-order valence-corrected chi connectivity index (χ4v) is 2.15. The average molecular weight is 335 g/mol. The molecule has 4 nitrogen and oxygen atoms in total. The topological polar surface area (TPSA) is 58.6 Å². The predicted molar refractivity (Wildman–Crippen MR) is 85.9 cm³/mol. The molecule has 1 unspecified atom stereocenters. The molecule has 24 heavy (non-hydrogen) atoms. The van der Waals surface area contributed by atoms with E-state index in [0.717, 1.165) is 6.07 Å². The molecule has 2 aromatic rings. The average Bonchev–Trinajstić information content (AvgIpc) is 2.54. The Morgan fingerprint density at radius 3 is 2.62 bits per heavy atom. The zero-order chi connectivity index (χ0) is 17.7. The van der Waals surface area contributed by atoms with Crippen molar-refractivity contribution < 1.29 is 23.4 Å². The van der Waals surface area contributed by atoms with Crippen LogP contribution in [0, 0.1) is 11.6 Å². The highest BCUT2D eigenvalue weighted by Gasteiger charge is 2.16. The lowest BCUT2D eigenvalue weighted by Crippen LogP contribution is -2.29. The summed E-state index contributed by atoms with van der Waals surface area (Å²) in [6.45, 7) is 3.63. The minimum atomic E-state index is -1.21. The maximum atomic E-state index is 13.6. The Bertz CT molecular complexity index is 719. The summed E-state index contributed by atoms with van der Waals surface area (Å²) in [6.07, 6.45) is -1.01. The van der Waals surface area contributed by atoms with Gasteiger partial charge in [0.15, 0.2) is 11.6 Å². The Morgan fingerprint density at radius 2 is 1.92 bits per heavy atom. The van der Waals surface area contributed by atoms with E-state index in [4.69, 9.17) is 4.74 Å². The third-order valence-electron chi connectivity index (χ3n) is 3.27. The third-order valence-corrected chi connectivity index (χ3v) is 3.27. The SMILES string of the molecule is CC(C)Oc1cccc(C(O)CNC(=O)c2cccc(F)c2F)c1. The maximum absolute atomic E-state index is 13.6. The van der Waals surface area contributed by atoms with Gasteiger partial charge in [-0.05, 0) is 43.7 Å². The highest BCUT2D eigenvalue weighted by atomic mass is 19.2. The van der Waals surface area contributed by atoms with Gasteiger partial charge < -0.3 is 15.2 Å². The summed E-state index contributed by atoms with van der Waals surface area (Å²) in [5, 5.41) is 12.5. The van der Waals surface area contributed by atoms with Crippen LogP contribution in [-0.4, -0.2) is 23.7 Å². The molecular formula is C18H19F2NO3. The number of hydrogen-bond donors (Lipinski definition) is 2. The van der Waals surface area contributed by atoms with Gasteiger partial charge in [-0.25, -0.2) is 8.78 Å². The number of carbonyl (C=O) groups is 1. The maximum Gasteiger partial charge on any atom is 0.254 e. The van der Waals surface area contributed by atoms with Gasteiger partial charge in [-0.15, -0.1) is 0 Å².